The molecule has 1 atom stereocenters. The van der Waals surface area contributed by atoms with Gasteiger partial charge in [0, 0.05) is 25.6 Å². The molecule has 0 bridgehead atoms. The number of amides is 2. The minimum atomic E-state index is -0.252. The fourth-order valence-corrected chi connectivity index (χ4v) is 3.29. The molecule has 0 spiro atoms. The number of oxazole rings is 1. The number of carbonyl (C=O) groups excluding carboxylic acids is 2. The zero-order valence-corrected chi connectivity index (χ0v) is 16.5. The molecule has 7 heteroatoms. The van der Waals surface area contributed by atoms with Crippen molar-refractivity contribution in [1.82, 2.24) is 15.2 Å². The summed E-state index contributed by atoms with van der Waals surface area (Å²) in [7, 11) is 0. The van der Waals surface area contributed by atoms with Crippen LogP contribution in [0.1, 0.15) is 62.7 Å². The Morgan fingerprint density at radius 3 is 2.54 bits per heavy atom. The molecular formula is C19H31N3O4. The second-order valence-electron chi connectivity index (χ2n) is 7.41. The van der Waals surface area contributed by atoms with Gasteiger partial charge < -0.3 is 19.4 Å². The maximum atomic E-state index is 12.5. The molecule has 0 radical (unpaired) electrons. The second-order valence-corrected chi connectivity index (χ2v) is 7.41. The summed E-state index contributed by atoms with van der Waals surface area (Å²) in [5.74, 6) is 1.44. The lowest BCUT2D eigenvalue weighted by molar-refractivity contribution is 0.0801. The summed E-state index contributed by atoms with van der Waals surface area (Å²) in [5, 5.41) is 3.04. The van der Waals surface area contributed by atoms with Crippen molar-refractivity contribution in [2.24, 2.45) is 11.8 Å². The lowest BCUT2D eigenvalue weighted by Gasteiger charge is -2.34. The van der Waals surface area contributed by atoms with E-state index in [1.165, 1.54) is 0 Å². The number of nitrogens with one attached hydrogen (secondary N) is 1. The monoisotopic (exact) mass is 365 g/mol. The summed E-state index contributed by atoms with van der Waals surface area (Å²) in [6.45, 7) is 11.5. The first-order valence-electron chi connectivity index (χ1n) is 9.50. The summed E-state index contributed by atoms with van der Waals surface area (Å²) in [6, 6.07) is 0.00453. The molecule has 1 saturated heterocycles. The average molecular weight is 365 g/mol. The van der Waals surface area contributed by atoms with E-state index in [1.54, 1.807) is 18.7 Å². The highest BCUT2D eigenvalue weighted by Gasteiger charge is 2.29. The van der Waals surface area contributed by atoms with Crippen LogP contribution in [0.15, 0.2) is 4.42 Å². The Kier molecular flexibility index (Phi) is 7.06. The van der Waals surface area contributed by atoms with Crippen LogP contribution in [-0.4, -0.2) is 47.6 Å². The predicted octanol–water partition coefficient (Wildman–Crippen LogP) is 3.17. The Hall–Kier alpha value is -2.05. The molecule has 1 fully saturated rings. The molecule has 2 rings (SSSR count). The van der Waals surface area contributed by atoms with E-state index >= 15 is 0 Å². The van der Waals surface area contributed by atoms with E-state index in [4.69, 9.17) is 9.15 Å². The summed E-state index contributed by atoms with van der Waals surface area (Å²) < 4.78 is 10.7. The fraction of sp³-hybridized carbons (Fsp3) is 0.737. The molecule has 0 saturated carbocycles. The van der Waals surface area contributed by atoms with Crippen LogP contribution in [0.2, 0.25) is 0 Å². The van der Waals surface area contributed by atoms with E-state index in [9.17, 15) is 9.59 Å². The van der Waals surface area contributed by atoms with Crippen molar-refractivity contribution in [3.63, 3.8) is 0 Å². The van der Waals surface area contributed by atoms with Crippen molar-refractivity contribution in [3.05, 3.63) is 17.3 Å². The van der Waals surface area contributed by atoms with Crippen LogP contribution in [0.5, 0.6) is 0 Å². The molecule has 1 aliphatic rings. The Morgan fingerprint density at radius 1 is 1.31 bits per heavy atom. The third-order valence-corrected chi connectivity index (χ3v) is 4.76. The standard InChI is InChI=1S/C19H31N3O4/c1-6-25-19(24)22-9-7-15(8-10-22)13(4)21-18(23)17-14(5)20-16(26-17)11-12(2)3/h12-13,15H,6-11H2,1-5H3,(H,21,23). The third-order valence-electron chi connectivity index (χ3n) is 4.76. The van der Waals surface area contributed by atoms with Gasteiger partial charge in [0.25, 0.3) is 5.91 Å². The van der Waals surface area contributed by atoms with Gasteiger partial charge in [-0.1, -0.05) is 13.8 Å². The Balaban J connectivity index is 1.88. The van der Waals surface area contributed by atoms with Gasteiger partial charge in [-0.2, -0.15) is 0 Å². The average Bonchev–Trinajstić information content (AvgIpc) is 2.94. The number of aryl methyl sites for hydroxylation is 1. The van der Waals surface area contributed by atoms with Crippen LogP contribution in [-0.2, 0) is 11.2 Å². The number of hydrogen-bond donors (Lipinski definition) is 1. The van der Waals surface area contributed by atoms with Gasteiger partial charge in [-0.25, -0.2) is 9.78 Å². The zero-order chi connectivity index (χ0) is 19.3. The molecule has 7 nitrogen and oxygen atoms in total. The number of ether oxygens (including phenoxy) is 1. The zero-order valence-electron chi connectivity index (χ0n) is 16.5. The number of rotatable bonds is 6. The number of carbonyl (C=O) groups is 2. The maximum Gasteiger partial charge on any atom is 0.409 e. The predicted molar refractivity (Wildman–Crippen MR) is 98.0 cm³/mol. The van der Waals surface area contributed by atoms with E-state index in [1.807, 2.05) is 6.92 Å². The molecule has 2 heterocycles. The van der Waals surface area contributed by atoms with Crippen molar-refractivity contribution in [2.45, 2.75) is 59.9 Å². The molecule has 1 aliphatic heterocycles. The van der Waals surface area contributed by atoms with E-state index < -0.39 is 0 Å². The van der Waals surface area contributed by atoms with Crippen molar-refractivity contribution in [3.8, 4) is 0 Å². The number of likely N-dealkylation sites (tertiary alicyclic amines) is 1. The molecule has 0 aliphatic carbocycles. The first-order chi connectivity index (χ1) is 12.3. The Labute approximate surface area is 155 Å². The van der Waals surface area contributed by atoms with E-state index in [0.29, 0.717) is 48.9 Å². The van der Waals surface area contributed by atoms with Gasteiger partial charge in [-0.3, -0.25) is 4.79 Å². The van der Waals surface area contributed by atoms with Crippen molar-refractivity contribution in [1.29, 1.82) is 0 Å². The van der Waals surface area contributed by atoms with Crippen molar-refractivity contribution in [2.75, 3.05) is 19.7 Å². The maximum absolute atomic E-state index is 12.5. The minimum absolute atomic E-state index is 0.00453. The van der Waals surface area contributed by atoms with Crippen LogP contribution in [0, 0.1) is 18.8 Å². The van der Waals surface area contributed by atoms with Gasteiger partial charge in [-0.05, 0) is 45.4 Å². The van der Waals surface area contributed by atoms with Crippen LogP contribution >= 0.6 is 0 Å². The van der Waals surface area contributed by atoms with Crippen LogP contribution in [0.4, 0.5) is 4.79 Å². The minimum Gasteiger partial charge on any atom is -0.450 e. The lowest BCUT2D eigenvalue weighted by atomic mass is 9.90. The van der Waals surface area contributed by atoms with E-state index in [0.717, 1.165) is 19.3 Å². The molecule has 1 aromatic heterocycles. The molecule has 1 aromatic rings. The molecule has 146 valence electrons. The molecule has 1 unspecified atom stereocenters. The summed E-state index contributed by atoms with van der Waals surface area (Å²) >= 11 is 0. The fourth-order valence-electron chi connectivity index (χ4n) is 3.29. The van der Waals surface area contributed by atoms with Gasteiger partial charge >= 0.3 is 6.09 Å². The molecule has 1 N–H and O–H groups in total. The van der Waals surface area contributed by atoms with Gasteiger partial charge in [0.05, 0.1) is 12.3 Å². The van der Waals surface area contributed by atoms with Crippen molar-refractivity contribution >= 4 is 12.0 Å². The number of aromatic nitrogens is 1. The molecular weight excluding hydrogens is 334 g/mol. The topological polar surface area (TPSA) is 84.7 Å². The third kappa shape index (κ3) is 5.22. The summed E-state index contributed by atoms with van der Waals surface area (Å²) in [5.41, 5.74) is 0.627. The Morgan fingerprint density at radius 2 is 1.96 bits per heavy atom. The first-order valence-corrected chi connectivity index (χ1v) is 9.50. The highest BCUT2D eigenvalue weighted by Crippen LogP contribution is 2.22. The molecule has 26 heavy (non-hydrogen) atoms. The lowest BCUT2D eigenvalue weighted by Crippen LogP contribution is -2.45. The second kappa shape index (κ2) is 9.05. The normalized spacial score (nSPS) is 16.6. The van der Waals surface area contributed by atoms with Crippen LogP contribution in [0.25, 0.3) is 0 Å². The highest BCUT2D eigenvalue weighted by molar-refractivity contribution is 5.92. The highest BCUT2D eigenvalue weighted by atomic mass is 16.6. The van der Waals surface area contributed by atoms with Crippen LogP contribution < -0.4 is 5.32 Å². The number of hydrogen-bond acceptors (Lipinski definition) is 5. The molecule has 0 aromatic carbocycles. The molecule has 2 amide bonds. The smallest absolute Gasteiger partial charge is 0.409 e. The first kappa shape index (κ1) is 20.3. The SMILES string of the molecule is CCOC(=O)N1CCC(C(C)NC(=O)c2oc(CC(C)C)nc2C)CC1. The van der Waals surface area contributed by atoms with E-state index in [-0.39, 0.29) is 18.0 Å². The number of nitrogens with zero attached hydrogens (tertiary/aromatic N) is 2. The van der Waals surface area contributed by atoms with Gasteiger partial charge in [0.15, 0.2) is 5.89 Å². The van der Waals surface area contributed by atoms with Crippen molar-refractivity contribution < 1.29 is 18.7 Å². The van der Waals surface area contributed by atoms with E-state index in [2.05, 4.69) is 24.1 Å². The quantitative estimate of drug-likeness (QED) is 0.837. The van der Waals surface area contributed by atoms with Gasteiger partial charge in [-0.15, -0.1) is 0 Å². The largest absolute Gasteiger partial charge is 0.450 e. The summed E-state index contributed by atoms with van der Waals surface area (Å²) in [4.78, 5) is 30.4. The van der Waals surface area contributed by atoms with Gasteiger partial charge in [0.2, 0.25) is 5.76 Å². The van der Waals surface area contributed by atoms with Crippen LogP contribution in [0.3, 0.4) is 0 Å². The summed E-state index contributed by atoms with van der Waals surface area (Å²) in [6.07, 6.45) is 2.15. The number of piperidine rings is 1. The Bertz CT molecular complexity index is 618. The van der Waals surface area contributed by atoms with Gasteiger partial charge in [0.1, 0.15) is 0 Å².